The van der Waals surface area contributed by atoms with Crippen molar-refractivity contribution < 1.29 is 5.11 Å². The Balaban J connectivity index is 2.02. The Bertz CT molecular complexity index is 379. The van der Waals surface area contributed by atoms with Crippen molar-refractivity contribution in [2.75, 3.05) is 32.8 Å². The fraction of sp³-hybridized carbons (Fsp3) is 0.600. The van der Waals surface area contributed by atoms with Crippen LogP contribution in [0.1, 0.15) is 24.1 Å². The van der Waals surface area contributed by atoms with Gasteiger partial charge in [-0.05, 0) is 19.0 Å². The van der Waals surface area contributed by atoms with Gasteiger partial charge in [0.25, 0.3) is 0 Å². The predicted molar refractivity (Wildman–Crippen MR) is 77.7 cm³/mol. The predicted octanol–water partition coefficient (Wildman–Crippen LogP) is 1.07. The molecule has 4 nitrogen and oxygen atoms in total. The van der Waals surface area contributed by atoms with E-state index in [2.05, 4.69) is 53.9 Å². The topological polar surface area (TPSA) is 47.5 Å². The van der Waals surface area contributed by atoms with E-state index in [-0.39, 0.29) is 6.61 Å². The number of nitrogens with one attached hydrogen (secondary N) is 2. The van der Waals surface area contributed by atoms with Crippen LogP contribution >= 0.6 is 0 Å². The molecule has 106 valence electrons. The van der Waals surface area contributed by atoms with E-state index in [1.807, 2.05) is 0 Å². The van der Waals surface area contributed by atoms with Gasteiger partial charge in [-0.1, -0.05) is 36.8 Å². The lowest BCUT2D eigenvalue weighted by atomic mass is 9.94. The third kappa shape index (κ3) is 3.76. The number of aliphatic hydroxyl groups is 1. The van der Waals surface area contributed by atoms with E-state index >= 15 is 0 Å². The van der Waals surface area contributed by atoms with E-state index in [1.54, 1.807) is 0 Å². The minimum absolute atomic E-state index is 0.233. The summed E-state index contributed by atoms with van der Waals surface area (Å²) < 4.78 is 0. The average Bonchev–Trinajstić information content (AvgIpc) is 2.87. The number of rotatable bonds is 6. The molecule has 19 heavy (non-hydrogen) atoms. The fourth-order valence-corrected chi connectivity index (χ4v) is 2.69. The first-order valence-corrected chi connectivity index (χ1v) is 7.12. The fourth-order valence-electron chi connectivity index (χ4n) is 2.69. The Morgan fingerprint density at radius 2 is 2.05 bits per heavy atom. The molecule has 1 aliphatic heterocycles. The number of benzene rings is 1. The van der Waals surface area contributed by atoms with Gasteiger partial charge < -0.3 is 10.0 Å². The summed E-state index contributed by atoms with van der Waals surface area (Å²) >= 11 is 0. The molecular formula is C15H25N3O. The second-order valence-corrected chi connectivity index (χ2v) is 5.29. The van der Waals surface area contributed by atoms with Crippen molar-refractivity contribution in [3.63, 3.8) is 0 Å². The highest BCUT2D eigenvalue weighted by Crippen LogP contribution is 2.25. The summed E-state index contributed by atoms with van der Waals surface area (Å²) in [5.41, 5.74) is 9.27. The number of hydrogen-bond acceptors (Lipinski definition) is 4. The van der Waals surface area contributed by atoms with Crippen LogP contribution in [0.3, 0.4) is 0 Å². The minimum Gasteiger partial charge on any atom is -0.395 e. The molecule has 0 bridgehead atoms. The van der Waals surface area contributed by atoms with Gasteiger partial charge >= 0.3 is 0 Å². The average molecular weight is 263 g/mol. The molecule has 2 unspecified atom stereocenters. The summed E-state index contributed by atoms with van der Waals surface area (Å²) in [7, 11) is 0. The molecule has 0 saturated carbocycles. The van der Waals surface area contributed by atoms with E-state index in [0.717, 1.165) is 26.2 Å². The van der Waals surface area contributed by atoms with Crippen LogP contribution in [-0.4, -0.2) is 42.8 Å². The van der Waals surface area contributed by atoms with Gasteiger partial charge in [0.2, 0.25) is 0 Å². The molecule has 4 heteroatoms. The van der Waals surface area contributed by atoms with Crippen molar-refractivity contribution in [2.45, 2.75) is 19.9 Å². The van der Waals surface area contributed by atoms with Crippen LogP contribution in [0.15, 0.2) is 24.3 Å². The number of likely N-dealkylation sites (N-methyl/N-ethyl adjacent to an activating group) is 1. The van der Waals surface area contributed by atoms with Crippen molar-refractivity contribution in [1.29, 1.82) is 0 Å². The van der Waals surface area contributed by atoms with E-state index in [0.29, 0.717) is 12.0 Å². The number of aryl methyl sites for hydroxylation is 1. The third-order valence-corrected chi connectivity index (χ3v) is 3.89. The van der Waals surface area contributed by atoms with Crippen LogP contribution < -0.4 is 10.9 Å². The lowest BCUT2D eigenvalue weighted by Crippen LogP contribution is -2.34. The maximum atomic E-state index is 9.08. The van der Waals surface area contributed by atoms with Crippen LogP contribution in [0.4, 0.5) is 0 Å². The molecular weight excluding hydrogens is 238 g/mol. The van der Waals surface area contributed by atoms with Gasteiger partial charge in [-0.2, -0.15) is 0 Å². The highest BCUT2D eigenvalue weighted by atomic mass is 16.3. The zero-order valence-electron chi connectivity index (χ0n) is 11.9. The van der Waals surface area contributed by atoms with E-state index in [4.69, 9.17) is 5.11 Å². The summed E-state index contributed by atoms with van der Waals surface area (Å²) in [6, 6.07) is 9.09. The van der Waals surface area contributed by atoms with Crippen LogP contribution in [0, 0.1) is 12.8 Å². The summed E-state index contributed by atoms with van der Waals surface area (Å²) in [5, 5.41) is 9.08. The Morgan fingerprint density at radius 3 is 2.68 bits per heavy atom. The number of aliphatic hydroxyl groups excluding tert-OH is 1. The number of hydrazine groups is 1. The first kappa shape index (κ1) is 14.5. The van der Waals surface area contributed by atoms with Gasteiger partial charge in [0.1, 0.15) is 0 Å². The zero-order chi connectivity index (χ0) is 13.7. The molecule has 0 amide bonds. The van der Waals surface area contributed by atoms with Crippen molar-refractivity contribution in [2.24, 2.45) is 5.92 Å². The van der Waals surface area contributed by atoms with Gasteiger partial charge in [0.05, 0.1) is 12.6 Å². The Morgan fingerprint density at radius 1 is 1.32 bits per heavy atom. The molecule has 0 aliphatic carbocycles. The SMILES string of the molecule is CCN(CCO)CC1CNNC1c1ccc(C)cc1. The van der Waals surface area contributed by atoms with Crippen LogP contribution in [0.25, 0.3) is 0 Å². The lowest BCUT2D eigenvalue weighted by molar-refractivity contribution is 0.179. The highest BCUT2D eigenvalue weighted by molar-refractivity contribution is 5.25. The van der Waals surface area contributed by atoms with Gasteiger partial charge in [-0.3, -0.25) is 5.43 Å². The normalized spacial score (nSPS) is 23.2. The molecule has 2 atom stereocenters. The van der Waals surface area contributed by atoms with Crippen molar-refractivity contribution in [3.8, 4) is 0 Å². The largest absolute Gasteiger partial charge is 0.395 e. The monoisotopic (exact) mass is 263 g/mol. The smallest absolute Gasteiger partial charge is 0.0558 e. The molecule has 3 N–H and O–H groups in total. The van der Waals surface area contributed by atoms with Crippen LogP contribution in [0.5, 0.6) is 0 Å². The highest BCUT2D eigenvalue weighted by Gasteiger charge is 2.29. The van der Waals surface area contributed by atoms with Crippen LogP contribution in [0.2, 0.25) is 0 Å². The van der Waals surface area contributed by atoms with Gasteiger partial charge in [-0.15, -0.1) is 0 Å². The van der Waals surface area contributed by atoms with Gasteiger partial charge in [0.15, 0.2) is 0 Å². The summed E-state index contributed by atoms with van der Waals surface area (Å²) in [5.74, 6) is 0.536. The summed E-state index contributed by atoms with van der Waals surface area (Å²) in [6.07, 6.45) is 0. The van der Waals surface area contributed by atoms with E-state index in [9.17, 15) is 0 Å². The van der Waals surface area contributed by atoms with Crippen molar-refractivity contribution in [3.05, 3.63) is 35.4 Å². The quantitative estimate of drug-likeness (QED) is 0.719. The second-order valence-electron chi connectivity index (χ2n) is 5.29. The molecule has 1 heterocycles. The zero-order valence-corrected chi connectivity index (χ0v) is 11.9. The number of hydrogen-bond donors (Lipinski definition) is 3. The molecule has 0 aromatic heterocycles. The lowest BCUT2D eigenvalue weighted by Gasteiger charge is -2.26. The molecule has 0 spiro atoms. The summed E-state index contributed by atoms with van der Waals surface area (Å²) in [4.78, 5) is 2.31. The molecule has 2 rings (SSSR count). The number of nitrogens with zero attached hydrogens (tertiary/aromatic N) is 1. The molecule has 1 fully saturated rings. The Labute approximate surface area is 115 Å². The second kappa shape index (κ2) is 7.01. The van der Waals surface area contributed by atoms with Crippen LogP contribution in [-0.2, 0) is 0 Å². The van der Waals surface area contributed by atoms with Crippen molar-refractivity contribution >= 4 is 0 Å². The maximum Gasteiger partial charge on any atom is 0.0558 e. The maximum absolute atomic E-state index is 9.08. The molecule has 1 aliphatic rings. The molecule has 0 radical (unpaired) electrons. The Hall–Kier alpha value is -0.940. The molecule has 1 aromatic carbocycles. The molecule has 1 aromatic rings. The molecule has 1 saturated heterocycles. The first-order valence-electron chi connectivity index (χ1n) is 7.12. The van der Waals surface area contributed by atoms with Crippen molar-refractivity contribution in [1.82, 2.24) is 15.8 Å². The third-order valence-electron chi connectivity index (χ3n) is 3.89. The Kier molecular flexibility index (Phi) is 5.34. The minimum atomic E-state index is 0.233. The summed E-state index contributed by atoms with van der Waals surface area (Å²) in [6.45, 7) is 8.21. The van der Waals surface area contributed by atoms with Gasteiger partial charge in [-0.25, -0.2) is 5.43 Å². The van der Waals surface area contributed by atoms with Gasteiger partial charge in [0, 0.05) is 25.6 Å². The first-order chi connectivity index (χ1) is 9.24. The van der Waals surface area contributed by atoms with E-state index < -0.39 is 0 Å². The van der Waals surface area contributed by atoms with E-state index in [1.165, 1.54) is 11.1 Å². The standard InChI is InChI=1S/C15H25N3O/c1-3-18(8-9-19)11-14-10-16-17-15(14)13-6-4-12(2)5-7-13/h4-7,14-17,19H,3,8-11H2,1-2H3.